The van der Waals surface area contributed by atoms with Crippen molar-refractivity contribution in [3.8, 4) is 0 Å². The summed E-state index contributed by atoms with van der Waals surface area (Å²) in [6.45, 7) is 1.81. The summed E-state index contributed by atoms with van der Waals surface area (Å²) in [6.07, 6.45) is 0. The molecule has 0 spiro atoms. The number of nitrogens with zero attached hydrogens (tertiary/aromatic N) is 1. The molecule has 0 atom stereocenters. The number of sulfonamides is 1. The lowest BCUT2D eigenvalue weighted by Gasteiger charge is -2.18. The fourth-order valence-electron chi connectivity index (χ4n) is 1.53. The zero-order valence-corrected chi connectivity index (χ0v) is 13.4. The van der Waals surface area contributed by atoms with Crippen molar-refractivity contribution >= 4 is 43.0 Å². The molecule has 0 aliphatic heterocycles. The van der Waals surface area contributed by atoms with Crippen molar-refractivity contribution in [1.82, 2.24) is 0 Å². The van der Waals surface area contributed by atoms with Gasteiger partial charge in [-0.15, -0.1) is 11.3 Å². The number of hydrogen-bond acceptors (Lipinski definition) is 3. The summed E-state index contributed by atoms with van der Waals surface area (Å²) in [5, 5.41) is 0. The van der Waals surface area contributed by atoms with Crippen LogP contribution in [0.15, 0.2) is 38.3 Å². The minimum absolute atomic E-state index is 0.0321. The van der Waals surface area contributed by atoms with Crippen molar-refractivity contribution in [1.29, 1.82) is 0 Å². The summed E-state index contributed by atoms with van der Waals surface area (Å²) in [5.41, 5.74) is 0.871. The van der Waals surface area contributed by atoms with Crippen LogP contribution in [0, 0.1) is 12.7 Å². The SMILES string of the molecule is Cc1cc(S(=O)(=O)N(C)c2ccccc2F)sc1Br. The maximum absolute atomic E-state index is 13.7. The fraction of sp³-hybridized carbons (Fsp3) is 0.167. The Labute approximate surface area is 123 Å². The van der Waals surface area contributed by atoms with Gasteiger partial charge in [-0.2, -0.15) is 0 Å². The van der Waals surface area contributed by atoms with Gasteiger partial charge in [0.25, 0.3) is 10.0 Å². The van der Waals surface area contributed by atoms with E-state index in [1.54, 1.807) is 12.1 Å². The summed E-state index contributed by atoms with van der Waals surface area (Å²) in [6, 6.07) is 7.35. The van der Waals surface area contributed by atoms with E-state index < -0.39 is 15.8 Å². The Morgan fingerprint density at radius 2 is 1.95 bits per heavy atom. The molecule has 19 heavy (non-hydrogen) atoms. The maximum Gasteiger partial charge on any atom is 0.273 e. The van der Waals surface area contributed by atoms with Gasteiger partial charge in [-0.25, -0.2) is 12.8 Å². The van der Waals surface area contributed by atoms with E-state index in [-0.39, 0.29) is 9.90 Å². The average Bonchev–Trinajstić information content (AvgIpc) is 2.70. The summed E-state index contributed by atoms with van der Waals surface area (Å²) in [5.74, 6) is -0.569. The zero-order chi connectivity index (χ0) is 14.2. The summed E-state index contributed by atoms with van der Waals surface area (Å²) < 4.78 is 40.4. The highest BCUT2D eigenvalue weighted by Gasteiger charge is 2.25. The number of hydrogen-bond donors (Lipinski definition) is 0. The molecule has 1 aromatic heterocycles. The van der Waals surface area contributed by atoms with E-state index in [4.69, 9.17) is 0 Å². The Morgan fingerprint density at radius 1 is 1.32 bits per heavy atom. The van der Waals surface area contributed by atoms with Gasteiger partial charge in [0.05, 0.1) is 9.47 Å². The van der Waals surface area contributed by atoms with Crippen LogP contribution in [0.3, 0.4) is 0 Å². The molecule has 0 unspecified atom stereocenters. The average molecular weight is 364 g/mol. The van der Waals surface area contributed by atoms with Gasteiger partial charge in [-0.05, 0) is 46.6 Å². The minimum Gasteiger partial charge on any atom is -0.266 e. The standard InChI is InChI=1S/C12H11BrFNO2S2/c1-8-7-11(18-12(8)13)19(16,17)15(2)10-6-4-3-5-9(10)14/h3-7H,1-2H3. The van der Waals surface area contributed by atoms with Crippen molar-refractivity contribution in [2.24, 2.45) is 0 Å². The van der Waals surface area contributed by atoms with Crippen LogP contribution in [0.1, 0.15) is 5.56 Å². The van der Waals surface area contributed by atoms with Crippen LogP contribution in [0.4, 0.5) is 10.1 Å². The molecule has 0 saturated heterocycles. The molecule has 0 fully saturated rings. The van der Waals surface area contributed by atoms with Gasteiger partial charge in [0.1, 0.15) is 10.0 Å². The highest BCUT2D eigenvalue weighted by Crippen LogP contribution is 2.33. The number of para-hydroxylation sites is 1. The van der Waals surface area contributed by atoms with Crippen molar-refractivity contribution < 1.29 is 12.8 Å². The number of anilines is 1. The molecule has 1 aromatic carbocycles. The highest BCUT2D eigenvalue weighted by molar-refractivity contribution is 9.11. The lowest BCUT2D eigenvalue weighted by atomic mass is 10.3. The molecule has 7 heteroatoms. The van der Waals surface area contributed by atoms with Crippen molar-refractivity contribution in [2.45, 2.75) is 11.1 Å². The quantitative estimate of drug-likeness (QED) is 0.831. The topological polar surface area (TPSA) is 37.4 Å². The Bertz CT molecular complexity index is 693. The molecule has 2 rings (SSSR count). The zero-order valence-electron chi connectivity index (χ0n) is 10.2. The Morgan fingerprint density at radius 3 is 2.47 bits per heavy atom. The molecule has 102 valence electrons. The molecular weight excluding hydrogens is 353 g/mol. The first-order valence-electron chi connectivity index (χ1n) is 5.33. The van der Waals surface area contributed by atoms with Gasteiger partial charge >= 0.3 is 0 Å². The molecule has 1 heterocycles. The van der Waals surface area contributed by atoms with Crippen LogP contribution < -0.4 is 4.31 Å². The van der Waals surface area contributed by atoms with Crippen molar-refractivity contribution in [3.63, 3.8) is 0 Å². The van der Waals surface area contributed by atoms with E-state index in [9.17, 15) is 12.8 Å². The van der Waals surface area contributed by atoms with Gasteiger partial charge in [0, 0.05) is 7.05 Å². The molecule has 0 amide bonds. The van der Waals surface area contributed by atoms with Gasteiger partial charge in [-0.3, -0.25) is 4.31 Å². The van der Waals surface area contributed by atoms with Gasteiger partial charge < -0.3 is 0 Å². The van der Waals surface area contributed by atoms with E-state index in [1.165, 1.54) is 25.2 Å². The number of benzene rings is 1. The van der Waals surface area contributed by atoms with Gasteiger partial charge in [-0.1, -0.05) is 12.1 Å². The van der Waals surface area contributed by atoms with E-state index in [1.807, 2.05) is 6.92 Å². The third-order valence-electron chi connectivity index (χ3n) is 2.64. The molecule has 0 saturated carbocycles. The van der Waals surface area contributed by atoms with Crippen molar-refractivity contribution in [2.75, 3.05) is 11.4 Å². The smallest absolute Gasteiger partial charge is 0.266 e. The molecule has 2 aromatic rings. The molecule has 0 bridgehead atoms. The normalized spacial score (nSPS) is 11.6. The van der Waals surface area contributed by atoms with Crippen LogP contribution in [-0.2, 0) is 10.0 Å². The monoisotopic (exact) mass is 363 g/mol. The lowest BCUT2D eigenvalue weighted by Crippen LogP contribution is -2.26. The summed E-state index contributed by atoms with van der Waals surface area (Å²) in [7, 11) is -2.39. The molecule has 0 radical (unpaired) electrons. The second-order valence-electron chi connectivity index (χ2n) is 3.95. The van der Waals surface area contributed by atoms with E-state index in [2.05, 4.69) is 15.9 Å². The molecule has 3 nitrogen and oxygen atoms in total. The highest BCUT2D eigenvalue weighted by atomic mass is 79.9. The van der Waals surface area contributed by atoms with Gasteiger partial charge in [0.2, 0.25) is 0 Å². The van der Waals surface area contributed by atoms with Crippen LogP contribution in [-0.4, -0.2) is 15.5 Å². The van der Waals surface area contributed by atoms with Crippen molar-refractivity contribution in [3.05, 3.63) is 45.5 Å². The minimum atomic E-state index is -3.73. The van der Waals surface area contributed by atoms with E-state index in [0.717, 1.165) is 25.0 Å². The Balaban J connectivity index is 2.48. The molecular formula is C12H11BrFNO2S2. The first kappa shape index (κ1) is 14.5. The third kappa shape index (κ3) is 2.68. The van der Waals surface area contributed by atoms with Crippen LogP contribution in [0.25, 0.3) is 0 Å². The van der Waals surface area contributed by atoms with Crippen LogP contribution >= 0.6 is 27.3 Å². The second-order valence-corrected chi connectivity index (χ2v) is 8.51. The summed E-state index contributed by atoms with van der Waals surface area (Å²) >= 11 is 4.40. The largest absolute Gasteiger partial charge is 0.273 e. The molecule has 0 aliphatic carbocycles. The maximum atomic E-state index is 13.7. The lowest BCUT2D eigenvalue weighted by molar-refractivity contribution is 0.591. The number of aryl methyl sites for hydroxylation is 1. The molecule has 0 aliphatic rings. The van der Waals surface area contributed by atoms with E-state index in [0.29, 0.717) is 0 Å². The fourth-order valence-corrected chi connectivity index (χ4v) is 5.13. The number of halogens is 2. The first-order chi connectivity index (χ1) is 8.84. The van der Waals surface area contributed by atoms with Gasteiger partial charge in [0.15, 0.2) is 0 Å². The Kier molecular flexibility index (Phi) is 3.98. The molecule has 0 N–H and O–H groups in total. The number of rotatable bonds is 3. The van der Waals surface area contributed by atoms with E-state index >= 15 is 0 Å². The third-order valence-corrected chi connectivity index (χ3v) is 7.00. The second kappa shape index (κ2) is 5.22. The predicted octanol–water partition coefficient (Wildman–Crippen LogP) is 3.78. The number of thiophene rings is 1. The van der Waals surface area contributed by atoms with Crippen LogP contribution in [0.2, 0.25) is 0 Å². The van der Waals surface area contributed by atoms with Crippen LogP contribution in [0.5, 0.6) is 0 Å². The Hall–Kier alpha value is -0.920. The first-order valence-corrected chi connectivity index (χ1v) is 8.38. The predicted molar refractivity (Wildman–Crippen MR) is 78.7 cm³/mol. The summed E-state index contributed by atoms with van der Waals surface area (Å²) in [4.78, 5) is 0.